The highest BCUT2D eigenvalue weighted by Crippen LogP contribution is 2.13. The minimum atomic E-state index is -0.305. The molecular formula is C9H11N2O2. The number of rotatable bonds is 2. The molecule has 0 aliphatic rings. The molecule has 1 radical (unpaired) electrons. The number of hydrogen-bond acceptors (Lipinski definition) is 2. The predicted octanol–water partition coefficient (Wildman–Crippen LogP) is 1.35. The van der Waals surface area contributed by atoms with Crippen LogP contribution in [0.15, 0.2) is 24.3 Å². The second kappa shape index (κ2) is 4.35. The van der Waals surface area contributed by atoms with Crippen LogP contribution in [0.1, 0.15) is 0 Å². The van der Waals surface area contributed by atoms with Gasteiger partial charge in [0.05, 0.1) is 0 Å². The zero-order chi connectivity index (χ0) is 9.68. The molecule has 0 bridgehead atoms. The molecule has 0 aliphatic heterocycles. The number of carbonyl (C=O) groups is 1. The Balaban J connectivity index is 2.54. The van der Waals surface area contributed by atoms with Crippen LogP contribution >= 0.6 is 0 Å². The maximum absolute atomic E-state index is 11.0. The number of aromatic hydroxyl groups is 1. The van der Waals surface area contributed by atoms with Crippen molar-refractivity contribution in [2.75, 3.05) is 11.9 Å². The lowest BCUT2D eigenvalue weighted by Gasteiger charge is -2.04. The van der Waals surface area contributed by atoms with Gasteiger partial charge in [-0.15, -0.1) is 0 Å². The van der Waals surface area contributed by atoms with E-state index in [1.54, 1.807) is 12.1 Å². The Morgan fingerprint density at radius 3 is 2.54 bits per heavy atom. The molecule has 1 rings (SSSR count). The molecular weight excluding hydrogens is 168 g/mol. The van der Waals surface area contributed by atoms with Gasteiger partial charge in [-0.05, 0) is 31.2 Å². The Kier molecular flexibility index (Phi) is 3.14. The second-order valence-corrected chi connectivity index (χ2v) is 2.43. The third kappa shape index (κ3) is 3.02. The first-order valence-corrected chi connectivity index (χ1v) is 3.85. The van der Waals surface area contributed by atoms with Gasteiger partial charge in [0, 0.05) is 12.2 Å². The summed E-state index contributed by atoms with van der Waals surface area (Å²) < 4.78 is 0. The van der Waals surface area contributed by atoms with Gasteiger partial charge >= 0.3 is 6.03 Å². The number of phenolic OH excluding ortho intramolecular Hbond substituents is 1. The van der Waals surface area contributed by atoms with Crippen molar-refractivity contribution in [2.24, 2.45) is 0 Å². The first kappa shape index (κ1) is 9.38. The van der Waals surface area contributed by atoms with E-state index in [9.17, 15) is 4.79 Å². The standard InChI is InChI=1S/C9H11N2O2/c1-2-10-9(13)11-7-3-5-8(12)6-4-7/h3-6,12H,1-2H2,(H2,10,11,13). The maximum atomic E-state index is 11.0. The number of phenols is 1. The van der Waals surface area contributed by atoms with E-state index in [0.29, 0.717) is 12.2 Å². The van der Waals surface area contributed by atoms with E-state index < -0.39 is 0 Å². The summed E-state index contributed by atoms with van der Waals surface area (Å²) in [5.41, 5.74) is 0.628. The number of hydrogen-bond donors (Lipinski definition) is 3. The molecule has 0 fully saturated rings. The van der Waals surface area contributed by atoms with Crippen molar-refractivity contribution in [3.63, 3.8) is 0 Å². The lowest BCUT2D eigenvalue weighted by molar-refractivity contribution is 0.253. The first-order valence-electron chi connectivity index (χ1n) is 3.85. The van der Waals surface area contributed by atoms with E-state index in [2.05, 4.69) is 17.6 Å². The van der Waals surface area contributed by atoms with Crippen LogP contribution < -0.4 is 10.6 Å². The molecule has 0 atom stereocenters. The van der Waals surface area contributed by atoms with Crippen LogP contribution in [0.2, 0.25) is 0 Å². The lowest BCUT2D eigenvalue weighted by atomic mass is 10.3. The van der Waals surface area contributed by atoms with Crippen LogP contribution in [0, 0.1) is 6.92 Å². The quantitative estimate of drug-likeness (QED) is 0.600. The average molecular weight is 179 g/mol. The molecule has 1 aromatic rings. The number of nitrogens with one attached hydrogen (secondary N) is 2. The molecule has 3 N–H and O–H groups in total. The minimum Gasteiger partial charge on any atom is -0.508 e. The van der Waals surface area contributed by atoms with Crippen LogP contribution in [0.4, 0.5) is 10.5 Å². The highest BCUT2D eigenvalue weighted by atomic mass is 16.3. The largest absolute Gasteiger partial charge is 0.508 e. The van der Waals surface area contributed by atoms with Crippen LogP contribution in [0.5, 0.6) is 5.75 Å². The van der Waals surface area contributed by atoms with Gasteiger partial charge in [0.15, 0.2) is 0 Å². The molecule has 4 nitrogen and oxygen atoms in total. The summed E-state index contributed by atoms with van der Waals surface area (Å²) in [5.74, 6) is 0.170. The van der Waals surface area contributed by atoms with E-state index in [0.717, 1.165) is 0 Å². The molecule has 2 amide bonds. The average Bonchev–Trinajstić information content (AvgIpc) is 2.09. The van der Waals surface area contributed by atoms with E-state index in [1.807, 2.05) is 0 Å². The van der Waals surface area contributed by atoms with Gasteiger partial charge in [-0.2, -0.15) is 0 Å². The van der Waals surface area contributed by atoms with Gasteiger partial charge in [-0.25, -0.2) is 4.79 Å². The molecule has 0 saturated heterocycles. The molecule has 0 heterocycles. The van der Waals surface area contributed by atoms with Gasteiger partial charge in [0.2, 0.25) is 0 Å². The van der Waals surface area contributed by atoms with Crippen LogP contribution in [-0.2, 0) is 0 Å². The van der Waals surface area contributed by atoms with E-state index in [-0.39, 0.29) is 11.8 Å². The maximum Gasteiger partial charge on any atom is 0.319 e. The third-order valence-corrected chi connectivity index (χ3v) is 1.41. The van der Waals surface area contributed by atoms with Gasteiger partial charge in [0.1, 0.15) is 5.75 Å². The topological polar surface area (TPSA) is 61.4 Å². The molecule has 69 valence electrons. The number of benzene rings is 1. The predicted molar refractivity (Wildman–Crippen MR) is 50.5 cm³/mol. The molecule has 0 saturated carbocycles. The molecule has 0 aliphatic carbocycles. The smallest absolute Gasteiger partial charge is 0.319 e. The molecule has 1 aromatic carbocycles. The van der Waals surface area contributed by atoms with E-state index in [4.69, 9.17) is 5.11 Å². The van der Waals surface area contributed by atoms with Crippen LogP contribution in [0.3, 0.4) is 0 Å². The van der Waals surface area contributed by atoms with Crippen molar-refractivity contribution in [3.05, 3.63) is 31.2 Å². The number of carbonyl (C=O) groups excluding carboxylic acids is 1. The summed E-state index contributed by atoms with van der Waals surface area (Å²) in [6.07, 6.45) is 0. The summed E-state index contributed by atoms with van der Waals surface area (Å²) in [4.78, 5) is 11.0. The fraction of sp³-hybridized carbons (Fsp3) is 0.111. The van der Waals surface area contributed by atoms with Crippen molar-refractivity contribution in [2.45, 2.75) is 0 Å². The van der Waals surface area contributed by atoms with E-state index in [1.165, 1.54) is 12.1 Å². The summed E-state index contributed by atoms with van der Waals surface area (Å²) >= 11 is 0. The second-order valence-electron chi connectivity index (χ2n) is 2.43. The molecule has 4 heteroatoms. The summed E-state index contributed by atoms with van der Waals surface area (Å²) in [5, 5.41) is 14.0. The Morgan fingerprint density at radius 1 is 1.38 bits per heavy atom. The lowest BCUT2D eigenvalue weighted by Crippen LogP contribution is -2.28. The van der Waals surface area contributed by atoms with Crippen molar-refractivity contribution in [1.82, 2.24) is 5.32 Å². The number of urea groups is 1. The van der Waals surface area contributed by atoms with Crippen LogP contribution in [0.25, 0.3) is 0 Å². The summed E-state index contributed by atoms with van der Waals surface area (Å²) in [6.45, 7) is 3.81. The molecule has 0 spiro atoms. The highest BCUT2D eigenvalue weighted by Gasteiger charge is 1.98. The Morgan fingerprint density at radius 2 is 2.00 bits per heavy atom. The van der Waals surface area contributed by atoms with Crippen molar-refractivity contribution in [1.29, 1.82) is 0 Å². The fourth-order valence-electron chi connectivity index (χ4n) is 0.834. The normalized spacial score (nSPS) is 9.31. The molecule has 13 heavy (non-hydrogen) atoms. The zero-order valence-electron chi connectivity index (χ0n) is 7.08. The first-order chi connectivity index (χ1) is 6.22. The minimum absolute atomic E-state index is 0.170. The molecule has 0 aromatic heterocycles. The summed E-state index contributed by atoms with van der Waals surface area (Å²) in [7, 11) is 0. The van der Waals surface area contributed by atoms with Crippen LogP contribution in [-0.4, -0.2) is 17.7 Å². The Labute approximate surface area is 76.6 Å². The van der Waals surface area contributed by atoms with E-state index >= 15 is 0 Å². The zero-order valence-corrected chi connectivity index (χ0v) is 7.08. The van der Waals surface area contributed by atoms with Gasteiger partial charge in [0.25, 0.3) is 0 Å². The van der Waals surface area contributed by atoms with Crippen molar-refractivity contribution < 1.29 is 9.90 Å². The molecule has 0 unspecified atom stereocenters. The Hall–Kier alpha value is -1.71. The van der Waals surface area contributed by atoms with Gasteiger partial charge in [-0.1, -0.05) is 0 Å². The van der Waals surface area contributed by atoms with Crippen molar-refractivity contribution >= 4 is 11.7 Å². The fourth-order valence-corrected chi connectivity index (χ4v) is 0.834. The monoisotopic (exact) mass is 179 g/mol. The third-order valence-electron chi connectivity index (χ3n) is 1.41. The van der Waals surface area contributed by atoms with Gasteiger partial charge in [-0.3, -0.25) is 0 Å². The SMILES string of the molecule is [CH2]CNC(=O)Nc1ccc(O)cc1. The van der Waals surface area contributed by atoms with Crippen molar-refractivity contribution in [3.8, 4) is 5.75 Å². The number of amides is 2. The van der Waals surface area contributed by atoms with Gasteiger partial charge < -0.3 is 15.7 Å². The summed E-state index contributed by atoms with van der Waals surface area (Å²) in [6, 6.07) is 5.91. The number of anilines is 1. The Bertz CT molecular complexity index is 282. The highest BCUT2D eigenvalue weighted by molar-refractivity contribution is 5.89.